The summed E-state index contributed by atoms with van der Waals surface area (Å²) >= 11 is 3.25. The van der Waals surface area contributed by atoms with E-state index in [0.717, 1.165) is 18.4 Å². The summed E-state index contributed by atoms with van der Waals surface area (Å²) in [6, 6.07) is 12.2. The van der Waals surface area contributed by atoms with Crippen molar-refractivity contribution < 1.29 is 4.39 Å². The van der Waals surface area contributed by atoms with Crippen LogP contribution in [0.5, 0.6) is 0 Å². The molecule has 0 heterocycles. The molecule has 2 aromatic carbocycles. The van der Waals surface area contributed by atoms with Crippen molar-refractivity contribution in [2.24, 2.45) is 0 Å². The Kier molecular flexibility index (Phi) is 5.54. The van der Waals surface area contributed by atoms with Gasteiger partial charge in [-0.3, -0.25) is 0 Å². The van der Waals surface area contributed by atoms with Gasteiger partial charge in [-0.2, -0.15) is 0 Å². The summed E-state index contributed by atoms with van der Waals surface area (Å²) in [7, 11) is 1.98. The lowest BCUT2D eigenvalue weighted by molar-refractivity contribution is 0.554. The van der Waals surface area contributed by atoms with Crippen molar-refractivity contribution in [1.29, 1.82) is 0 Å². The number of halogens is 2. The van der Waals surface area contributed by atoms with Gasteiger partial charge in [0.2, 0.25) is 0 Å². The molecule has 3 heteroatoms. The molecule has 21 heavy (non-hydrogen) atoms. The zero-order valence-electron chi connectivity index (χ0n) is 12.7. The third-order valence-electron chi connectivity index (χ3n) is 3.64. The van der Waals surface area contributed by atoms with E-state index >= 15 is 0 Å². The summed E-state index contributed by atoms with van der Waals surface area (Å²) < 4.78 is 13.8. The van der Waals surface area contributed by atoms with Crippen LogP contribution >= 0.6 is 15.9 Å². The minimum atomic E-state index is -0.214. The van der Waals surface area contributed by atoms with Crippen molar-refractivity contribution in [1.82, 2.24) is 5.32 Å². The lowest BCUT2D eigenvalue weighted by Crippen LogP contribution is -2.30. The maximum absolute atomic E-state index is 13.3. The average molecular weight is 350 g/mol. The Morgan fingerprint density at radius 3 is 2.19 bits per heavy atom. The van der Waals surface area contributed by atoms with Gasteiger partial charge >= 0.3 is 0 Å². The second-order valence-electron chi connectivity index (χ2n) is 5.64. The second-order valence-corrected chi connectivity index (χ2v) is 6.49. The first-order valence-electron chi connectivity index (χ1n) is 7.16. The molecule has 1 atom stereocenters. The van der Waals surface area contributed by atoms with Gasteiger partial charge in [0.25, 0.3) is 0 Å². The van der Waals surface area contributed by atoms with E-state index in [4.69, 9.17) is 0 Å². The molecule has 0 aromatic heterocycles. The highest BCUT2D eigenvalue weighted by Crippen LogP contribution is 2.19. The predicted octanol–water partition coefficient (Wildman–Crippen LogP) is 4.58. The molecular weight excluding hydrogens is 329 g/mol. The smallest absolute Gasteiger partial charge is 0.137 e. The molecule has 0 aliphatic heterocycles. The first-order chi connectivity index (χ1) is 9.97. The Morgan fingerprint density at radius 1 is 1.00 bits per heavy atom. The number of hydrogen-bond acceptors (Lipinski definition) is 1. The first-order valence-corrected chi connectivity index (χ1v) is 7.95. The van der Waals surface area contributed by atoms with Crippen LogP contribution in [0.2, 0.25) is 0 Å². The van der Waals surface area contributed by atoms with Gasteiger partial charge in [-0.1, -0.05) is 35.4 Å². The fraction of sp³-hybridized carbons (Fsp3) is 0.333. The van der Waals surface area contributed by atoms with Crippen molar-refractivity contribution in [3.05, 3.63) is 68.9 Å². The van der Waals surface area contributed by atoms with E-state index in [2.05, 4.69) is 53.3 Å². The predicted molar refractivity (Wildman–Crippen MR) is 90.3 cm³/mol. The Balaban J connectivity index is 2.10. The maximum atomic E-state index is 13.3. The summed E-state index contributed by atoms with van der Waals surface area (Å²) in [5, 5.41) is 3.36. The Labute approximate surface area is 134 Å². The molecule has 0 aliphatic rings. The summed E-state index contributed by atoms with van der Waals surface area (Å²) in [6.07, 6.45) is 1.84. The minimum absolute atomic E-state index is 0.214. The summed E-state index contributed by atoms with van der Waals surface area (Å²) in [6.45, 7) is 4.25. The lowest BCUT2D eigenvalue weighted by Gasteiger charge is -2.17. The van der Waals surface area contributed by atoms with Crippen molar-refractivity contribution in [3.8, 4) is 0 Å². The fourth-order valence-electron chi connectivity index (χ4n) is 2.70. The molecule has 112 valence electrons. The number of likely N-dealkylation sites (N-methyl/N-ethyl adjacent to an activating group) is 1. The highest BCUT2D eigenvalue weighted by molar-refractivity contribution is 9.10. The van der Waals surface area contributed by atoms with Gasteiger partial charge in [0.1, 0.15) is 5.82 Å². The van der Waals surface area contributed by atoms with E-state index in [1.807, 2.05) is 19.2 Å². The van der Waals surface area contributed by atoms with Crippen molar-refractivity contribution in [2.75, 3.05) is 7.05 Å². The van der Waals surface area contributed by atoms with Gasteiger partial charge in [-0.05, 0) is 72.9 Å². The molecule has 0 radical (unpaired) electrons. The van der Waals surface area contributed by atoms with E-state index in [-0.39, 0.29) is 5.82 Å². The van der Waals surface area contributed by atoms with Gasteiger partial charge in [0.05, 0.1) is 4.47 Å². The molecule has 0 amide bonds. The van der Waals surface area contributed by atoms with Crippen LogP contribution in [0.3, 0.4) is 0 Å². The largest absolute Gasteiger partial charge is 0.316 e. The summed E-state index contributed by atoms with van der Waals surface area (Å²) in [5.41, 5.74) is 5.06. The van der Waals surface area contributed by atoms with E-state index in [1.165, 1.54) is 22.8 Å². The standard InChI is InChI=1S/C18H21BrFN/c1-12-6-13(2)8-15(7-12)10-16(21-3)9-14-4-5-18(20)17(19)11-14/h4-8,11,16,21H,9-10H2,1-3H3. The number of hydrogen-bond donors (Lipinski definition) is 1. The maximum Gasteiger partial charge on any atom is 0.137 e. The monoisotopic (exact) mass is 349 g/mol. The molecule has 1 unspecified atom stereocenters. The number of rotatable bonds is 5. The number of nitrogens with one attached hydrogen (secondary N) is 1. The molecule has 1 nitrogen and oxygen atoms in total. The second kappa shape index (κ2) is 7.19. The topological polar surface area (TPSA) is 12.0 Å². The van der Waals surface area contributed by atoms with E-state index in [0.29, 0.717) is 10.5 Å². The van der Waals surface area contributed by atoms with Crippen LogP contribution in [-0.2, 0) is 12.8 Å². The van der Waals surface area contributed by atoms with Gasteiger partial charge in [-0.15, -0.1) is 0 Å². The van der Waals surface area contributed by atoms with Crippen LogP contribution in [0, 0.1) is 19.7 Å². The van der Waals surface area contributed by atoms with Crippen LogP contribution < -0.4 is 5.32 Å². The average Bonchev–Trinajstić information content (AvgIpc) is 2.41. The van der Waals surface area contributed by atoms with E-state index in [1.54, 1.807) is 0 Å². The Bertz CT molecular complexity index is 604. The SMILES string of the molecule is CNC(Cc1cc(C)cc(C)c1)Cc1ccc(F)c(Br)c1. The molecule has 1 N–H and O–H groups in total. The van der Waals surface area contributed by atoms with Gasteiger partial charge in [0.15, 0.2) is 0 Å². The minimum Gasteiger partial charge on any atom is -0.316 e. The zero-order valence-corrected chi connectivity index (χ0v) is 14.3. The fourth-order valence-corrected chi connectivity index (χ4v) is 3.12. The summed E-state index contributed by atoms with van der Waals surface area (Å²) in [4.78, 5) is 0. The van der Waals surface area contributed by atoms with Gasteiger partial charge in [-0.25, -0.2) is 4.39 Å². The van der Waals surface area contributed by atoms with Crippen LogP contribution in [0.25, 0.3) is 0 Å². The van der Waals surface area contributed by atoms with E-state index in [9.17, 15) is 4.39 Å². The van der Waals surface area contributed by atoms with Gasteiger partial charge in [0, 0.05) is 6.04 Å². The number of aryl methyl sites for hydroxylation is 2. The molecule has 0 saturated carbocycles. The molecule has 0 aliphatic carbocycles. The molecule has 0 saturated heterocycles. The zero-order chi connectivity index (χ0) is 15.4. The Morgan fingerprint density at radius 2 is 1.62 bits per heavy atom. The third kappa shape index (κ3) is 4.65. The molecule has 0 bridgehead atoms. The highest BCUT2D eigenvalue weighted by Gasteiger charge is 2.10. The quantitative estimate of drug-likeness (QED) is 0.832. The molecular formula is C18H21BrFN. The molecule has 0 fully saturated rings. The van der Waals surface area contributed by atoms with Crippen molar-refractivity contribution >= 4 is 15.9 Å². The highest BCUT2D eigenvalue weighted by atomic mass is 79.9. The van der Waals surface area contributed by atoms with Gasteiger partial charge < -0.3 is 5.32 Å². The molecule has 2 aromatic rings. The Hall–Kier alpha value is -1.19. The molecule has 2 rings (SSSR count). The lowest BCUT2D eigenvalue weighted by atomic mass is 9.97. The van der Waals surface area contributed by atoms with Crippen molar-refractivity contribution in [2.45, 2.75) is 32.7 Å². The first kappa shape index (κ1) is 16.2. The normalized spacial score (nSPS) is 12.4. The summed E-state index contributed by atoms with van der Waals surface area (Å²) in [5.74, 6) is -0.214. The van der Waals surface area contributed by atoms with Crippen LogP contribution in [0.1, 0.15) is 22.3 Å². The van der Waals surface area contributed by atoms with Crippen molar-refractivity contribution in [3.63, 3.8) is 0 Å². The molecule has 0 spiro atoms. The number of benzene rings is 2. The van der Waals surface area contributed by atoms with Crippen LogP contribution in [0.15, 0.2) is 40.9 Å². The van der Waals surface area contributed by atoms with Crippen LogP contribution in [0.4, 0.5) is 4.39 Å². The third-order valence-corrected chi connectivity index (χ3v) is 4.25. The van der Waals surface area contributed by atoms with Crippen LogP contribution in [-0.4, -0.2) is 13.1 Å². The van der Waals surface area contributed by atoms with E-state index < -0.39 is 0 Å².